The van der Waals surface area contributed by atoms with E-state index in [1.165, 1.54) is 0 Å². The van der Waals surface area contributed by atoms with Crippen LogP contribution in [0.1, 0.15) is 38.8 Å². The molecule has 2 rings (SSSR count). The zero-order valence-electron chi connectivity index (χ0n) is 16.2. The molecular formula is C22H26N2O3. The van der Waals surface area contributed by atoms with Crippen LogP contribution in [-0.2, 0) is 16.0 Å². The Labute approximate surface area is 160 Å². The lowest BCUT2D eigenvalue weighted by molar-refractivity contribution is -0.115. The van der Waals surface area contributed by atoms with Crippen LogP contribution in [0, 0.1) is 0 Å². The second-order valence-electron chi connectivity index (χ2n) is 7.14. The SMILES string of the molecule is C/C=C/c1cccc(CC(=O)Nc2ccccc2NC(=O)OC(C)(C)C)c1. The molecule has 142 valence electrons. The number of hydrogen-bond acceptors (Lipinski definition) is 3. The number of benzene rings is 2. The third-order valence-electron chi connectivity index (χ3n) is 3.51. The molecule has 0 heterocycles. The molecule has 2 N–H and O–H groups in total. The van der Waals surface area contributed by atoms with E-state index < -0.39 is 11.7 Å². The van der Waals surface area contributed by atoms with Crippen molar-refractivity contribution in [3.8, 4) is 0 Å². The average molecular weight is 366 g/mol. The largest absolute Gasteiger partial charge is 0.444 e. The molecule has 2 aromatic rings. The molecule has 2 amide bonds. The Morgan fingerprint density at radius 1 is 1.00 bits per heavy atom. The number of anilines is 2. The van der Waals surface area contributed by atoms with Crippen molar-refractivity contribution >= 4 is 29.5 Å². The summed E-state index contributed by atoms with van der Waals surface area (Å²) in [4.78, 5) is 24.4. The lowest BCUT2D eigenvalue weighted by atomic mass is 10.1. The smallest absolute Gasteiger partial charge is 0.412 e. The fourth-order valence-electron chi connectivity index (χ4n) is 2.49. The van der Waals surface area contributed by atoms with Gasteiger partial charge in [-0.3, -0.25) is 10.1 Å². The van der Waals surface area contributed by atoms with E-state index in [1.807, 2.05) is 43.3 Å². The lowest BCUT2D eigenvalue weighted by Gasteiger charge is -2.20. The van der Waals surface area contributed by atoms with E-state index in [9.17, 15) is 9.59 Å². The van der Waals surface area contributed by atoms with E-state index in [-0.39, 0.29) is 12.3 Å². The molecule has 0 aliphatic carbocycles. The molecule has 0 unspecified atom stereocenters. The first-order valence-electron chi connectivity index (χ1n) is 8.87. The van der Waals surface area contributed by atoms with Crippen molar-refractivity contribution in [3.63, 3.8) is 0 Å². The molecule has 0 aliphatic heterocycles. The van der Waals surface area contributed by atoms with Gasteiger partial charge >= 0.3 is 6.09 Å². The molecule has 0 aliphatic rings. The summed E-state index contributed by atoms with van der Waals surface area (Å²) in [5.41, 5.74) is 2.39. The number of amides is 2. The van der Waals surface area contributed by atoms with Gasteiger partial charge in [0, 0.05) is 0 Å². The molecule has 0 fully saturated rings. The van der Waals surface area contributed by atoms with E-state index in [0.717, 1.165) is 11.1 Å². The number of carbonyl (C=O) groups is 2. The summed E-state index contributed by atoms with van der Waals surface area (Å²) in [6, 6.07) is 14.8. The van der Waals surface area contributed by atoms with Crippen LogP contribution in [0.2, 0.25) is 0 Å². The van der Waals surface area contributed by atoms with Gasteiger partial charge in [0.1, 0.15) is 5.60 Å². The Morgan fingerprint density at radius 2 is 1.67 bits per heavy atom. The number of rotatable bonds is 5. The van der Waals surface area contributed by atoms with E-state index in [1.54, 1.807) is 45.0 Å². The van der Waals surface area contributed by atoms with Crippen LogP contribution in [0.25, 0.3) is 6.08 Å². The third kappa shape index (κ3) is 6.98. The molecule has 2 aromatic carbocycles. The van der Waals surface area contributed by atoms with E-state index in [2.05, 4.69) is 10.6 Å². The predicted molar refractivity (Wildman–Crippen MR) is 110 cm³/mol. The molecule has 0 saturated heterocycles. The van der Waals surface area contributed by atoms with Gasteiger partial charge in [0.2, 0.25) is 5.91 Å². The van der Waals surface area contributed by atoms with E-state index in [0.29, 0.717) is 11.4 Å². The summed E-state index contributed by atoms with van der Waals surface area (Å²) in [6.45, 7) is 7.33. The van der Waals surface area contributed by atoms with Crippen LogP contribution in [0.3, 0.4) is 0 Å². The number of carbonyl (C=O) groups excluding carboxylic acids is 2. The highest BCUT2D eigenvalue weighted by atomic mass is 16.6. The van der Waals surface area contributed by atoms with Crippen LogP contribution in [0.15, 0.2) is 54.6 Å². The fourth-order valence-corrected chi connectivity index (χ4v) is 2.49. The summed E-state index contributed by atoms with van der Waals surface area (Å²) < 4.78 is 5.26. The van der Waals surface area contributed by atoms with E-state index in [4.69, 9.17) is 4.74 Å². The lowest BCUT2D eigenvalue weighted by Crippen LogP contribution is -2.27. The van der Waals surface area contributed by atoms with Crippen molar-refractivity contribution in [2.45, 2.75) is 39.7 Å². The molecule has 0 bridgehead atoms. The Morgan fingerprint density at radius 3 is 2.30 bits per heavy atom. The average Bonchev–Trinajstić information content (AvgIpc) is 2.55. The minimum atomic E-state index is -0.597. The minimum absolute atomic E-state index is 0.161. The first-order valence-corrected chi connectivity index (χ1v) is 8.87. The monoisotopic (exact) mass is 366 g/mol. The quantitative estimate of drug-likeness (QED) is 0.759. The van der Waals surface area contributed by atoms with Crippen molar-refractivity contribution in [3.05, 3.63) is 65.7 Å². The first-order chi connectivity index (χ1) is 12.8. The number of allylic oxidation sites excluding steroid dienone is 1. The van der Waals surface area contributed by atoms with Crippen molar-refractivity contribution < 1.29 is 14.3 Å². The van der Waals surface area contributed by atoms with Gasteiger partial charge in [-0.05, 0) is 51.0 Å². The topological polar surface area (TPSA) is 67.4 Å². The molecule has 5 heteroatoms. The van der Waals surface area contributed by atoms with Crippen LogP contribution in [0.4, 0.5) is 16.2 Å². The van der Waals surface area contributed by atoms with Crippen molar-refractivity contribution in [1.82, 2.24) is 0 Å². The number of hydrogen-bond donors (Lipinski definition) is 2. The highest BCUT2D eigenvalue weighted by Crippen LogP contribution is 2.22. The molecule has 27 heavy (non-hydrogen) atoms. The molecule has 0 atom stereocenters. The molecule has 5 nitrogen and oxygen atoms in total. The standard InChI is InChI=1S/C22H26N2O3/c1-5-9-16-10-8-11-17(14-16)15-20(25)23-18-12-6-7-13-19(18)24-21(26)27-22(2,3)4/h5-14H,15H2,1-4H3,(H,23,25)(H,24,26)/b9-5+. The van der Waals surface area contributed by atoms with Gasteiger partial charge in [0.05, 0.1) is 17.8 Å². The molecule has 0 radical (unpaired) electrons. The minimum Gasteiger partial charge on any atom is -0.444 e. The fraction of sp³-hybridized carbons (Fsp3) is 0.273. The second kappa shape index (κ2) is 9.03. The summed E-state index contributed by atoms with van der Waals surface area (Å²) in [7, 11) is 0. The Bertz CT molecular complexity index is 835. The molecule has 0 aromatic heterocycles. The van der Waals surface area contributed by atoms with Gasteiger partial charge in [-0.1, -0.05) is 48.6 Å². The summed E-state index contributed by atoms with van der Waals surface area (Å²) >= 11 is 0. The first kappa shape index (κ1) is 20.2. The van der Waals surface area contributed by atoms with Crippen LogP contribution >= 0.6 is 0 Å². The normalized spacial score (nSPS) is 11.3. The zero-order chi connectivity index (χ0) is 19.9. The maximum Gasteiger partial charge on any atom is 0.412 e. The Hall–Kier alpha value is -3.08. The highest BCUT2D eigenvalue weighted by Gasteiger charge is 2.17. The van der Waals surface area contributed by atoms with Crippen LogP contribution in [-0.4, -0.2) is 17.6 Å². The van der Waals surface area contributed by atoms with Crippen molar-refractivity contribution in [1.29, 1.82) is 0 Å². The van der Waals surface area contributed by atoms with Crippen LogP contribution in [0.5, 0.6) is 0 Å². The number of nitrogens with one attached hydrogen (secondary N) is 2. The zero-order valence-corrected chi connectivity index (χ0v) is 16.2. The summed E-state index contributed by atoms with van der Waals surface area (Å²) in [6.07, 6.45) is 3.62. The molecule has 0 saturated carbocycles. The van der Waals surface area contributed by atoms with Crippen molar-refractivity contribution in [2.24, 2.45) is 0 Å². The van der Waals surface area contributed by atoms with Gasteiger partial charge in [-0.2, -0.15) is 0 Å². The number of para-hydroxylation sites is 2. The van der Waals surface area contributed by atoms with Gasteiger partial charge in [0.15, 0.2) is 0 Å². The third-order valence-corrected chi connectivity index (χ3v) is 3.51. The Balaban J connectivity index is 2.05. The maximum atomic E-state index is 12.4. The van der Waals surface area contributed by atoms with Gasteiger partial charge in [-0.25, -0.2) is 4.79 Å². The molecular weight excluding hydrogens is 340 g/mol. The van der Waals surface area contributed by atoms with Gasteiger partial charge < -0.3 is 10.1 Å². The predicted octanol–water partition coefficient (Wildman–Crippen LogP) is 5.25. The second-order valence-corrected chi connectivity index (χ2v) is 7.14. The summed E-state index contributed by atoms with van der Waals surface area (Å²) in [5, 5.41) is 5.53. The summed E-state index contributed by atoms with van der Waals surface area (Å²) in [5.74, 6) is -0.161. The highest BCUT2D eigenvalue weighted by molar-refractivity contribution is 5.98. The number of ether oxygens (including phenoxy) is 1. The van der Waals surface area contributed by atoms with E-state index >= 15 is 0 Å². The van der Waals surface area contributed by atoms with Gasteiger partial charge in [0.25, 0.3) is 0 Å². The Kier molecular flexibility index (Phi) is 6.77. The molecule has 0 spiro atoms. The van der Waals surface area contributed by atoms with Gasteiger partial charge in [-0.15, -0.1) is 0 Å². The van der Waals surface area contributed by atoms with Crippen LogP contribution < -0.4 is 10.6 Å². The van der Waals surface area contributed by atoms with Crippen molar-refractivity contribution in [2.75, 3.05) is 10.6 Å². The maximum absolute atomic E-state index is 12.4.